The lowest BCUT2D eigenvalue weighted by Gasteiger charge is -2.29. The summed E-state index contributed by atoms with van der Waals surface area (Å²) in [7, 11) is -1.30. The highest BCUT2D eigenvalue weighted by Gasteiger charge is 2.26. The molecule has 0 fully saturated rings. The van der Waals surface area contributed by atoms with E-state index in [1.54, 1.807) is 19.9 Å². The minimum atomic E-state index is -3.12. The first-order chi connectivity index (χ1) is 9.55. The molecule has 0 amide bonds. The highest BCUT2D eigenvalue weighted by Crippen LogP contribution is 2.23. The van der Waals surface area contributed by atoms with Crippen LogP contribution in [0.5, 0.6) is 0 Å². The normalized spacial score (nSPS) is 15.0. The average Bonchev–Trinajstić information content (AvgIpc) is 2.37. The standard InChI is InChI=1S/C14H22N2O4S/c1-10-13(7-6-8-14(10)16(17)18)9-15(4)11(2)12(3)21(5,19)20/h6-8,11-12H,9H2,1-5H3/t11-,12-/m0/s1. The molecule has 0 unspecified atom stereocenters. The molecule has 0 heterocycles. The molecule has 6 nitrogen and oxygen atoms in total. The maximum atomic E-state index is 11.6. The lowest BCUT2D eigenvalue weighted by Crippen LogP contribution is -2.41. The van der Waals surface area contributed by atoms with Crippen molar-refractivity contribution in [2.45, 2.75) is 38.6 Å². The third kappa shape index (κ3) is 4.25. The molecular weight excluding hydrogens is 292 g/mol. The van der Waals surface area contributed by atoms with Gasteiger partial charge in [-0.1, -0.05) is 12.1 Å². The van der Waals surface area contributed by atoms with Crippen molar-refractivity contribution in [2.24, 2.45) is 0 Å². The average molecular weight is 314 g/mol. The van der Waals surface area contributed by atoms with Crippen molar-refractivity contribution >= 4 is 15.5 Å². The number of nitro benzene ring substituents is 1. The molecule has 0 bridgehead atoms. The van der Waals surface area contributed by atoms with Gasteiger partial charge in [0, 0.05) is 30.5 Å². The van der Waals surface area contributed by atoms with Crippen molar-refractivity contribution in [3.8, 4) is 0 Å². The predicted octanol–water partition coefficient (Wildman–Crippen LogP) is 2.16. The molecule has 0 saturated heterocycles. The number of nitrogens with zero attached hydrogens (tertiary/aromatic N) is 2. The van der Waals surface area contributed by atoms with Crippen molar-refractivity contribution in [1.82, 2.24) is 4.90 Å². The Morgan fingerprint density at radius 3 is 2.38 bits per heavy atom. The Labute approximate surface area is 125 Å². The number of hydrogen-bond donors (Lipinski definition) is 0. The number of rotatable bonds is 6. The molecule has 1 aromatic carbocycles. The summed E-state index contributed by atoms with van der Waals surface area (Å²) in [6.45, 7) is 5.70. The fourth-order valence-corrected chi connectivity index (χ4v) is 3.09. The van der Waals surface area contributed by atoms with E-state index in [2.05, 4.69) is 0 Å². The summed E-state index contributed by atoms with van der Waals surface area (Å²) in [5.41, 5.74) is 1.54. The number of nitro groups is 1. The van der Waals surface area contributed by atoms with Crippen LogP contribution < -0.4 is 0 Å². The van der Waals surface area contributed by atoms with Crippen LogP contribution in [0.15, 0.2) is 18.2 Å². The van der Waals surface area contributed by atoms with Crippen molar-refractivity contribution in [2.75, 3.05) is 13.3 Å². The van der Waals surface area contributed by atoms with E-state index >= 15 is 0 Å². The molecule has 2 atom stereocenters. The molecule has 0 spiro atoms. The number of sulfone groups is 1. The van der Waals surface area contributed by atoms with E-state index in [0.29, 0.717) is 12.1 Å². The van der Waals surface area contributed by atoms with Crippen LogP contribution in [0.4, 0.5) is 5.69 Å². The topological polar surface area (TPSA) is 80.5 Å². The Morgan fingerprint density at radius 2 is 1.90 bits per heavy atom. The van der Waals surface area contributed by atoms with E-state index in [1.165, 1.54) is 12.3 Å². The minimum absolute atomic E-state index is 0.0877. The van der Waals surface area contributed by atoms with Gasteiger partial charge in [0.2, 0.25) is 0 Å². The quantitative estimate of drug-likeness (QED) is 0.593. The lowest BCUT2D eigenvalue weighted by atomic mass is 10.1. The van der Waals surface area contributed by atoms with E-state index < -0.39 is 20.0 Å². The van der Waals surface area contributed by atoms with Crippen LogP contribution >= 0.6 is 0 Å². The Morgan fingerprint density at radius 1 is 1.33 bits per heavy atom. The molecule has 0 N–H and O–H groups in total. The van der Waals surface area contributed by atoms with E-state index in [-0.39, 0.29) is 11.7 Å². The summed E-state index contributed by atoms with van der Waals surface area (Å²) >= 11 is 0. The van der Waals surface area contributed by atoms with Crippen LogP contribution in [0, 0.1) is 17.0 Å². The summed E-state index contributed by atoms with van der Waals surface area (Å²) in [6.07, 6.45) is 1.22. The van der Waals surface area contributed by atoms with Gasteiger partial charge >= 0.3 is 0 Å². The third-order valence-corrected chi connectivity index (χ3v) is 5.83. The monoisotopic (exact) mass is 314 g/mol. The maximum Gasteiger partial charge on any atom is 0.272 e. The molecule has 118 valence electrons. The van der Waals surface area contributed by atoms with E-state index in [0.717, 1.165) is 5.56 Å². The fraction of sp³-hybridized carbons (Fsp3) is 0.571. The van der Waals surface area contributed by atoms with Gasteiger partial charge in [0.1, 0.15) is 0 Å². The molecule has 0 aliphatic rings. The summed E-state index contributed by atoms with van der Waals surface area (Å²) in [6, 6.07) is 4.77. The Bertz CT molecular complexity index is 628. The van der Waals surface area contributed by atoms with Crippen molar-refractivity contribution < 1.29 is 13.3 Å². The summed E-state index contributed by atoms with van der Waals surface area (Å²) < 4.78 is 23.2. The van der Waals surface area contributed by atoms with Gasteiger partial charge in [0.05, 0.1) is 10.2 Å². The van der Waals surface area contributed by atoms with Gasteiger partial charge in [0.15, 0.2) is 9.84 Å². The molecule has 0 saturated carbocycles. The first-order valence-corrected chi connectivity index (χ1v) is 8.63. The van der Waals surface area contributed by atoms with Crippen LogP contribution in [0.25, 0.3) is 0 Å². The van der Waals surface area contributed by atoms with Crippen LogP contribution in [0.1, 0.15) is 25.0 Å². The summed E-state index contributed by atoms with van der Waals surface area (Å²) in [5, 5.41) is 10.4. The second kappa shape index (κ2) is 6.53. The first-order valence-electron chi connectivity index (χ1n) is 6.67. The van der Waals surface area contributed by atoms with Gasteiger partial charge in [-0.05, 0) is 33.4 Å². The van der Waals surface area contributed by atoms with E-state index in [9.17, 15) is 18.5 Å². The largest absolute Gasteiger partial charge is 0.298 e. The van der Waals surface area contributed by atoms with Gasteiger partial charge < -0.3 is 0 Å². The molecular formula is C14H22N2O4S. The molecule has 7 heteroatoms. The Kier molecular flexibility index (Phi) is 5.47. The van der Waals surface area contributed by atoms with Crippen molar-refractivity contribution in [3.63, 3.8) is 0 Å². The maximum absolute atomic E-state index is 11.6. The number of benzene rings is 1. The molecule has 0 aliphatic heterocycles. The zero-order chi connectivity index (χ0) is 16.4. The molecule has 21 heavy (non-hydrogen) atoms. The summed E-state index contributed by atoms with van der Waals surface area (Å²) in [5.74, 6) is 0. The van der Waals surface area contributed by atoms with Gasteiger partial charge in [-0.3, -0.25) is 15.0 Å². The SMILES string of the molecule is Cc1c(CN(C)[C@@H](C)[C@H](C)S(C)(=O)=O)cccc1[N+](=O)[O-]. The molecule has 0 aromatic heterocycles. The third-order valence-electron chi connectivity index (χ3n) is 4.08. The smallest absolute Gasteiger partial charge is 0.272 e. The Balaban J connectivity index is 2.96. The van der Waals surface area contributed by atoms with Crippen LogP contribution in [-0.4, -0.2) is 42.8 Å². The fourth-order valence-electron chi connectivity index (χ4n) is 2.17. The predicted molar refractivity (Wildman–Crippen MR) is 83.1 cm³/mol. The van der Waals surface area contributed by atoms with Crippen LogP contribution in [0.2, 0.25) is 0 Å². The van der Waals surface area contributed by atoms with Crippen LogP contribution in [0.3, 0.4) is 0 Å². The van der Waals surface area contributed by atoms with Gasteiger partial charge in [-0.2, -0.15) is 0 Å². The highest BCUT2D eigenvalue weighted by atomic mass is 32.2. The molecule has 1 rings (SSSR count). The second-order valence-electron chi connectivity index (χ2n) is 5.51. The highest BCUT2D eigenvalue weighted by molar-refractivity contribution is 7.91. The zero-order valence-corrected chi connectivity index (χ0v) is 13.8. The lowest BCUT2D eigenvalue weighted by molar-refractivity contribution is -0.385. The van der Waals surface area contributed by atoms with E-state index in [4.69, 9.17) is 0 Å². The van der Waals surface area contributed by atoms with Gasteiger partial charge in [-0.25, -0.2) is 8.42 Å². The zero-order valence-electron chi connectivity index (χ0n) is 13.0. The van der Waals surface area contributed by atoms with Crippen molar-refractivity contribution in [3.05, 3.63) is 39.4 Å². The van der Waals surface area contributed by atoms with E-state index in [1.807, 2.05) is 24.9 Å². The minimum Gasteiger partial charge on any atom is -0.298 e. The molecule has 0 aliphatic carbocycles. The van der Waals surface area contributed by atoms with Gasteiger partial charge in [0.25, 0.3) is 5.69 Å². The molecule has 1 aromatic rings. The Hall–Kier alpha value is -1.47. The molecule has 0 radical (unpaired) electrons. The number of hydrogen-bond acceptors (Lipinski definition) is 5. The first kappa shape index (κ1) is 17.6. The van der Waals surface area contributed by atoms with Crippen LogP contribution in [-0.2, 0) is 16.4 Å². The van der Waals surface area contributed by atoms with Crippen molar-refractivity contribution in [1.29, 1.82) is 0 Å². The summed E-state index contributed by atoms with van der Waals surface area (Å²) in [4.78, 5) is 12.4. The second-order valence-corrected chi connectivity index (χ2v) is 7.91. The van der Waals surface area contributed by atoms with Gasteiger partial charge in [-0.15, -0.1) is 0 Å².